The van der Waals surface area contributed by atoms with E-state index < -0.39 is 0 Å². The minimum Gasteiger partial charge on any atom is -0.508 e. The molecule has 3 N–H and O–H groups in total. The lowest BCUT2D eigenvalue weighted by molar-refractivity contribution is 0.0601. The first-order valence-corrected chi connectivity index (χ1v) is 7.50. The lowest BCUT2D eigenvalue weighted by Crippen LogP contribution is -2.30. The van der Waals surface area contributed by atoms with Crippen molar-refractivity contribution in [1.29, 1.82) is 0 Å². The van der Waals surface area contributed by atoms with E-state index in [4.69, 9.17) is 12.2 Å². The number of hydrogen-bond donors (Lipinski definition) is 3. The van der Waals surface area contributed by atoms with Gasteiger partial charge in [0.25, 0.3) is 0 Å². The van der Waals surface area contributed by atoms with Crippen LogP contribution in [0, 0.1) is 0 Å². The first-order valence-electron chi connectivity index (χ1n) is 7.09. The molecule has 0 fully saturated rings. The van der Waals surface area contributed by atoms with Gasteiger partial charge in [0.2, 0.25) is 0 Å². The van der Waals surface area contributed by atoms with Crippen molar-refractivity contribution >= 4 is 29.0 Å². The molecule has 0 aromatic heterocycles. The molecule has 0 aliphatic rings. The van der Waals surface area contributed by atoms with Gasteiger partial charge in [-0.2, -0.15) is 0 Å². The molecule has 5 nitrogen and oxygen atoms in total. The lowest BCUT2D eigenvalue weighted by atomic mass is 10.1. The van der Waals surface area contributed by atoms with Crippen LogP contribution in [0.3, 0.4) is 0 Å². The molecule has 120 valence electrons. The number of esters is 1. The Labute approximate surface area is 140 Å². The Bertz CT molecular complexity index is 669. The third-order valence-corrected chi connectivity index (χ3v) is 3.45. The van der Waals surface area contributed by atoms with Crippen LogP contribution in [0.2, 0.25) is 0 Å². The van der Waals surface area contributed by atoms with Crippen LogP contribution in [0.4, 0.5) is 5.69 Å². The first kappa shape index (κ1) is 16.8. The maximum absolute atomic E-state index is 11.3. The number of anilines is 1. The zero-order chi connectivity index (χ0) is 16.7. The third kappa shape index (κ3) is 5.27. The molecule has 6 heteroatoms. The summed E-state index contributed by atoms with van der Waals surface area (Å²) in [7, 11) is 1.35. The van der Waals surface area contributed by atoms with Crippen LogP contribution in [-0.2, 0) is 11.2 Å². The molecule has 0 atom stereocenters. The van der Waals surface area contributed by atoms with Crippen molar-refractivity contribution in [2.45, 2.75) is 6.42 Å². The summed E-state index contributed by atoms with van der Waals surface area (Å²) >= 11 is 5.23. The van der Waals surface area contributed by atoms with E-state index in [1.54, 1.807) is 36.4 Å². The van der Waals surface area contributed by atoms with Crippen molar-refractivity contribution < 1.29 is 14.6 Å². The molecule has 2 aromatic carbocycles. The fourth-order valence-electron chi connectivity index (χ4n) is 1.97. The number of nitrogens with one attached hydrogen (secondary N) is 2. The van der Waals surface area contributed by atoms with Gasteiger partial charge < -0.3 is 20.5 Å². The molecule has 0 radical (unpaired) electrons. The number of hydrogen-bond acceptors (Lipinski definition) is 4. The summed E-state index contributed by atoms with van der Waals surface area (Å²) in [6.45, 7) is 0.677. The largest absolute Gasteiger partial charge is 0.508 e. The van der Waals surface area contributed by atoms with E-state index in [2.05, 4.69) is 15.4 Å². The summed E-state index contributed by atoms with van der Waals surface area (Å²) < 4.78 is 4.65. The van der Waals surface area contributed by atoms with Crippen LogP contribution in [0.25, 0.3) is 0 Å². The fourth-order valence-corrected chi connectivity index (χ4v) is 2.19. The minimum atomic E-state index is -0.369. The van der Waals surface area contributed by atoms with Gasteiger partial charge in [0.05, 0.1) is 12.7 Å². The number of aromatic hydroxyl groups is 1. The van der Waals surface area contributed by atoms with Crippen molar-refractivity contribution in [1.82, 2.24) is 5.32 Å². The monoisotopic (exact) mass is 330 g/mol. The van der Waals surface area contributed by atoms with Crippen molar-refractivity contribution in [3.8, 4) is 5.75 Å². The highest BCUT2D eigenvalue weighted by Crippen LogP contribution is 2.11. The van der Waals surface area contributed by atoms with Gasteiger partial charge in [0.15, 0.2) is 5.11 Å². The lowest BCUT2D eigenvalue weighted by Gasteiger charge is -2.11. The van der Waals surface area contributed by atoms with Gasteiger partial charge in [-0.3, -0.25) is 0 Å². The van der Waals surface area contributed by atoms with E-state index in [9.17, 15) is 9.90 Å². The van der Waals surface area contributed by atoms with E-state index in [-0.39, 0.29) is 11.7 Å². The summed E-state index contributed by atoms with van der Waals surface area (Å²) in [6, 6.07) is 13.9. The van der Waals surface area contributed by atoms with Crippen molar-refractivity contribution in [3.05, 3.63) is 59.7 Å². The zero-order valence-corrected chi connectivity index (χ0v) is 13.5. The van der Waals surface area contributed by atoms with E-state index in [0.717, 1.165) is 17.7 Å². The molecule has 0 bridgehead atoms. The van der Waals surface area contributed by atoms with Crippen LogP contribution in [0.15, 0.2) is 48.5 Å². The number of ether oxygens (including phenoxy) is 1. The number of carbonyl (C=O) groups is 1. The maximum Gasteiger partial charge on any atom is 0.337 e. The van der Waals surface area contributed by atoms with Crippen LogP contribution in [0.5, 0.6) is 5.75 Å². The quantitative estimate of drug-likeness (QED) is 0.578. The van der Waals surface area contributed by atoms with Crippen LogP contribution in [0.1, 0.15) is 15.9 Å². The number of carbonyl (C=O) groups excluding carboxylic acids is 1. The van der Waals surface area contributed by atoms with Crippen LogP contribution in [-0.4, -0.2) is 29.8 Å². The Hall–Kier alpha value is -2.60. The van der Waals surface area contributed by atoms with Crippen LogP contribution >= 0.6 is 12.2 Å². The van der Waals surface area contributed by atoms with E-state index in [1.165, 1.54) is 7.11 Å². The molecular formula is C17H18N2O3S. The number of phenols is 1. The smallest absolute Gasteiger partial charge is 0.337 e. The van der Waals surface area contributed by atoms with Gasteiger partial charge in [-0.1, -0.05) is 12.1 Å². The highest BCUT2D eigenvalue weighted by atomic mass is 32.1. The van der Waals surface area contributed by atoms with Crippen molar-refractivity contribution in [2.24, 2.45) is 0 Å². The average Bonchev–Trinajstić information content (AvgIpc) is 2.56. The number of phenolic OH excluding ortho intramolecular Hbond substituents is 1. The molecule has 0 aliphatic heterocycles. The van der Waals surface area contributed by atoms with Gasteiger partial charge in [0, 0.05) is 12.2 Å². The second kappa shape index (κ2) is 8.14. The number of thiocarbonyl (C=S) groups is 1. The number of methoxy groups -OCH3 is 1. The van der Waals surface area contributed by atoms with Gasteiger partial charge in [-0.05, 0) is 60.6 Å². The molecule has 0 unspecified atom stereocenters. The summed E-state index contributed by atoms with van der Waals surface area (Å²) in [5, 5.41) is 15.9. The number of rotatable bonds is 5. The van der Waals surface area contributed by atoms with E-state index in [1.807, 2.05) is 12.1 Å². The third-order valence-electron chi connectivity index (χ3n) is 3.20. The molecule has 0 spiro atoms. The van der Waals surface area contributed by atoms with Gasteiger partial charge in [0.1, 0.15) is 5.75 Å². The Morgan fingerprint density at radius 3 is 2.39 bits per heavy atom. The standard InChI is InChI=1S/C17H18N2O3S/c1-22-16(21)13-4-6-14(7-5-13)19-17(23)18-11-10-12-2-8-15(20)9-3-12/h2-9,20H,10-11H2,1H3,(H2,18,19,23). The summed E-state index contributed by atoms with van der Waals surface area (Å²) in [6.07, 6.45) is 0.795. The second-order valence-electron chi connectivity index (χ2n) is 4.87. The summed E-state index contributed by atoms with van der Waals surface area (Å²) in [5.74, 6) is -0.111. The molecule has 0 saturated carbocycles. The fraction of sp³-hybridized carbons (Fsp3) is 0.176. The van der Waals surface area contributed by atoms with Gasteiger partial charge >= 0.3 is 5.97 Å². The molecular weight excluding hydrogens is 312 g/mol. The van der Waals surface area contributed by atoms with E-state index in [0.29, 0.717) is 17.2 Å². The summed E-state index contributed by atoms with van der Waals surface area (Å²) in [4.78, 5) is 11.3. The molecule has 23 heavy (non-hydrogen) atoms. The number of benzene rings is 2. The molecule has 0 heterocycles. The molecule has 0 aliphatic carbocycles. The van der Waals surface area contributed by atoms with E-state index >= 15 is 0 Å². The van der Waals surface area contributed by atoms with Crippen molar-refractivity contribution in [3.63, 3.8) is 0 Å². The normalized spacial score (nSPS) is 9.96. The predicted octanol–water partition coefficient (Wildman–Crippen LogP) is 2.71. The topological polar surface area (TPSA) is 70.6 Å². The molecule has 2 rings (SSSR count). The highest BCUT2D eigenvalue weighted by molar-refractivity contribution is 7.80. The minimum absolute atomic E-state index is 0.259. The Morgan fingerprint density at radius 1 is 1.13 bits per heavy atom. The van der Waals surface area contributed by atoms with Gasteiger partial charge in [-0.25, -0.2) is 4.79 Å². The molecule has 2 aromatic rings. The molecule has 0 saturated heterocycles. The first-order chi connectivity index (χ1) is 11.1. The Morgan fingerprint density at radius 2 is 1.78 bits per heavy atom. The average molecular weight is 330 g/mol. The summed E-state index contributed by atoms with van der Waals surface area (Å²) in [5.41, 5.74) is 2.39. The Balaban J connectivity index is 1.78. The zero-order valence-electron chi connectivity index (χ0n) is 12.7. The second-order valence-corrected chi connectivity index (χ2v) is 5.27. The Kier molecular flexibility index (Phi) is 5.94. The van der Waals surface area contributed by atoms with Gasteiger partial charge in [-0.15, -0.1) is 0 Å². The SMILES string of the molecule is COC(=O)c1ccc(NC(=S)NCCc2ccc(O)cc2)cc1. The maximum atomic E-state index is 11.3. The highest BCUT2D eigenvalue weighted by Gasteiger charge is 2.04. The predicted molar refractivity (Wildman–Crippen MR) is 93.8 cm³/mol. The van der Waals surface area contributed by atoms with Crippen LogP contribution < -0.4 is 10.6 Å². The van der Waals surface area contributed by atoms with Crippen molar-refractivity contribution in [2.75, 3.05) is 19.0 Å². The molecule has 0 amide bonds.